The Bertz CT molecular complexity index is 452. The van der Waals surface area contributed by atoms with Crippen LogP contribution in [0.4, 0.5) is 0 Å². The van der Waals surface area contributed by atoms with Gasteiger partial charge in [0, 0.05) is 17.6 Å². The van der Waals surface area contributed by atoms with Crippen molar-refractivity contribution in [3.8, 4) is 0 Å². The molecule has 0 aliphatic carbocycles. The normalized spacial score (nSPS) is 16.6. The Hall–Kier alpha value is 0.115. The van der Waals surface area contributed by atoms with Gasteiger partial charge in [0.15, 0.2) is 14.6 Å². The Morgan fingerprint density at radius 2 is 1.15 bits per heavy atom. The molecular formula is C22H49B3O2. The van der Waals surface area contributed by atoms with E-state index in [1.54, 1.807) is 0 Å². The summed E-state index contributed by atoms with van der Waals surface area (Å²) in [5, 5.41) is 0.0596. The van der Waals surface area contributed by atoms with Crippen LogP contribution in [0.2, 0.25) is 16.9 Å². The molecule has 0 saturated carbocycles. The Morgan fingerprint density at radius 3 is 1.56 bits per heavy atom. The lowest BCUT2D eigenvalue weighted by Crippen LogP contribution is -2.47. The van der Waals surface area contributed by atoms with Crippen molar-refractivity contribution in [1.82, 2.24) is 0 Å². The fourth-order valence-corrected chi connectivity index (χ4v) is 4.73. The van der Waals surface area contributed by atoms with Crippen molar-refractivity contribution in [3.63, 3.8) is 0 Å². The van der Waals surface area contributed by atoms with Gasteiger partial charge in [-0.05, 0) is 58.7 Å². The van der Waals surface area contributed by atoms with Gasteiger partial charge < -0.3 is 9.47 Å². The zero-order chi connectivity index (χ0) is 21.9. The summed E-state index contributed by atoms with van der Waals surface area (Å²) in [5.41, 5.74) is -0.259. The van der Waals surface area contributed by atoms with Crippen molar-refractivity contribution < 1.29 is 9.47 Å². The first kappa shape index (κ1) is 27.1. The number of ether oxygens (including phenoxy) is 2. The molecule has 0 saturated heterocycles. The number of rotatable bonds is 12. The predicted molar refractivity (Wildman–Crippen MR) is 129 cm³/mol. The second-order valence-corrected chi connectivity index (χ2v) is 12.8. The molecule has 0 amide bonds. The van der Waals surface area contributed by atoms with E-state index < -0.39 is 0 Å². The maximum absolute atomic E-state index is 6.62. The van der Waals surface area contributed by atoms with Gasteiger partial charge in [0.2, 0.25) is 0 Å². The van der Waals surface area contributed by atoms with E-state index in [0.29, 0.717) is 11.6 Å². The highest BCUT2D eigenvalue weighted by Gasteiger charge is 2.43. The molecule has 1 atom stereocenters. The smallest absolute Gasteiger partial charge is 0.163 e. The van der Waals surface area contributed by atoms with Gasteiger partial charge >= 0.3 is 0 Å². The summed E-state index contributed by atoms with van der Waals surface area (Å²) in [6.45, 7) is 30.3. The van der Waals surface area contributed by atoms with E-state index in [1.807, 2.05) is 0 Å². The molecule has 0 N–H and O–H groups in total. The van der Waals surface area contributed by atoms with Crippen LogP contribution in [0.5, 0.6) is 0 Å². The minimum Gasteiger partial charge on any atom is -0.384 e. The lowest BCUT2D eigenvalue weighted by atomic mass is 9.51. The third kappa shape index (κ3) is 10.5. The molecule has 0 spiro atoms. The molecule has 0 aromatic carbocycles. The highest BCUT2D eigenvalue weighted by atomic mass is 16.5. The van der Waals surface area contributed by atoms with Crippen molar-refractivity contribution in [2.45, 2.75) is 130 Å². The van der Waals surface area contributed by atoms with E-state index >= 15 is 0 Å². The van der Waals surface area contributed by atoms with Gasteiger partial charge in [-0.25, -0.2) is 0 Å². The first-order valence-electron chi connectivity index (χ1n) is 11.0. The number of hydrogen-bond donors (Lipinski definition) is 0. The van der Waals surface area contributed by atoms with Crippen molar-refractivity contribution in [2.24, 2.45) is 5.41 Å². The average molecular weight is 378 g/mol. The molecule has 0 aromatic rings. The maximum atomic E-state index is 6.62. The van der Waals surface area contributed by atoms with Gasteiger partial charge in [-0.1, -0.05) is 60.1 Å². The fraction of sp³-hybridized carbons (Fsp3) is 1.00. The molecule has 0 bridgehead atoms. The minimum absolute atomic E-state index is 0.0596. The highest BCUT2D eigenvalue weighted by molar-refractivity contribution is 6.41. The SMILES string of the molecule is BC(C)(COC(C)(C)BC(C)C)C(C)(C)CC(C)(C)OC(C)(C)BC(C)C. The van der Waals surface area contributed by atoms with Crippen molar-refractivity contribution in [2.75, 3.05) is 6.61 Å². The van der Waals surface area contributed by atoms with Crippen LogP contribution in [0.3, 0.4) is 0 Å². The lowest BCUT2D eigenvalue weighted by Gasteiger charge is -2.48. The van der Waals surface area contributed by atoms with Crippen LogP contribution in [0.1, 0.15) is 96.4 Å². The highest BCUT2D eigenvalue weighted by Crippen LogP contribution is 2.49. The van der Waals surface area contributed by atoms with Crippen LogP contribution >= 0.6 is 0 Å². The Labute approximate surface area is 174 Å². The van der Waals surface area contributed by atoms with E-state index in [-0.39, 0.29) is 27.3 Å². The van der Waals surface area contributed by atoms with Gasteiger partial charge in [0.1, 0.15) is 7.85 Å². The van der Waals surface area contributed by atoms with Crippen LogP contribution < -0.4 is 0 Å². The summed E-state index contributed by atoms with van der Waals surface area (Å²) in [5.74, 6) is 1.28. The molecule has 5 heteroatoms. The monoisotopic (exact) mass is 378 g/mol. The van der Waals surface area contributed by atoms with Crippen LogP contribution in [0.25, 0.3) is 0 Å². The minimum atomic E-state index is -0.174. The third-order valence-corrected chi connectivity index (χ3v) is 5.88. The second kappa shape index (κ2) is 9.29. The van der Waals surface area contributed by atoms with Crippen LogP contribution in [-0.2, 0) is 9.47 Å². The van der Waals surface area contributed by atoms with Crippen molar-refractivity contribution >= 4 is 22.4 Å². The van der Waals surface area contributed by atoms with E-state index in [9.17, 15) is 0 Å². The van der Waals surface area contributed by atoms with Crippen molar-refractivity contribution in [1.29, 1.82) is 0 Å². The Morgan fingerprint density at radius 1 is 0.741 bits per heavy atom. The van der Waals surface area contributed by atoms with Crippen LogP contribution in [0.15, 0.2) is 0 Å². The van der Waals surface area contributed by atoms with E-state index in [1.165, 1.54) is 0 Å². The summed E-state index contributed by atoms with van der Waals surface area (Å²) in [6.07, 6.45) is 1.00. The topological polar surface area (TPSA) is 18.5 Å². The molecule has 1 unspecified atom stereocenters. The summed E-state index contributed by atoms with van der Waals surface area (Å²) < 4.78 is 13.0. The summed E-state index contributed by atoms with van der Waals surface area (Å²) in [7, 11) is 4.50. The molecule has 2 nitrogen and oxygen atoms in total. The van der Waals surface area contributed by atoms with E-state index in [0.717, 1.165) is 27.6 Å². The third-order valence-electron chi connectivity index (χ3n) is 5.88. The van der Waals surface area contributed by atoms with Gasteiger partial charge in [0.25, 0.3) is 0 Å². The molecule has 0 heterocycles. The average Bonchev–Trinajstić information content (AvgIpc) is 2.29. The molecule has 158 valence electrons. The molecule has 0 radical (unpaired) electrons. The summed E-state index contributed by atoms with van der Waals surface area (Å²) in [4.78, 5) is 0. The molecule has 27 heavy (non-hydrogen) atoms. The first-order chi connectivity index (χ1) is 11.7. The van der Waals surface area contributed by atoms with E-state index in [4.69, 9.17) is 9.47 Å². The van der Waals surface area contributed by atoms with Gasteiger partial charge in [-0.15, -0.1) is 0 Å². The van der Waals surface area contributed by atoms with Gasteiger partial charge in [-0.3, -0.25) is 0 Å². The van der Waals surface area contributed by atoms with E-state index in [2.05, 4.69) is 97.9 Å². The first-order valence-corrected chi connectivity index (χ1v) is 11.0. The molecule has 0 aliphatic heterocycles. The predicted octanol–water partition coefficient (Wildman–Crippen LogP) is 5.03. The number of hydrogen-bond acceptors (Lipinski definition) is 2. The zero-order valence-corrected chi connectivity index (χ0v) is 21.3. The lowest BCUT2D eigenvalue weighted by molar-refractivity contribution is -0.110. The second-order valence-electron chi connectivity index (χ2n) is 12.8. The quantitative estimate of drug-likeness (QED) is 0.444. The standard InChI is InChI=1S/C22H49B3O2/c1-16(2)24-20(9,10)26-15-22(13,23)18(5,6)14-19(7,8)27-21(11,12)25-17(3)4/h16-17,24-25H,14-15,23H2,1-13H3. The molecule has 0 aliphatic rings. The molecular weight excluding hydrogens is 329 g/mol. The van der Waals surface area contributed by atoms with Gasteiger partial charge in [-0.2, -0.15) is 0 Å². The summed E-state index contributed by atoms with van der Waals surface area (Å²) in [6, 6.07) is 0. The Kier molecular flexibility index (Phi) is 9.33. The fourth-order valence-electron chi connectivity index (χ4n) is 4.73. The Balaban J connectivity index is 5.09. The van der Waals surface area contributed by atoms with Crippen LogP contribution in [0, 0.1) is 5.41 Å². The van der Waals surface area contributed by atoms with Crippen molar-refractivity contribution in [3.05, 3.63) is 0 Å². The molecule has 0 fully saturated rings. The molecule has 0 aromatic heterocycles. The largest absolute Gasteiger partial charge is 0.384 e. The van der Waals surface area contributed by atoms with Gasteiger partial charge in [0.05, 0.1) is 5.60 Å². The van der Waals surface area contributed by atoms with Crippen LogP contribution in [-0.4, -0.2) is 45.6 Å². The zero-order valence-electron chi connectivity index (χ0n) is 21.3. The molecule has 0 rings (SSSR count). The maximum Gasteiger partial charge on any atom is 0.163 e. The summed E-state index contributed by atoms with van der Waals surface area (Å²) >= 11 is 0.